The van der Waals surface area contributed by atoms with E-state index in [0.717, 1.165) is 14.9 Å². The lowest BCUT2D eigenvalue weighted by Gasteiger charge is -2.28. The number of rotatable bonds is 8. The molecule has 2 aromatic rings. The van der Waals surface area contributed by atoms with E-state index in [1.807, 2.05) is 62.4 Å². The van der Waals surface area contributed by atoms with E-state index in [9.17, 15) is 9.59 Å². The van der Waals surface area contributed by atoms with E-state index in [1.54, 1.807) is 11.8 Å². The second-order valence-electron chi connectivity index (χ2n) is 6.32. The molecule has 144 valence electrons. The van der Waals surface area contributed by atoms with Gasteiger partial charge in [0.05, 0.1) is 5.75 Å². The maximum absolute atomic E-state index is 12.9. The van der Waals surface area contributed by atoms with Crippen molar-refractivity contribution in [3.05, 3.63) is 64.1 Å². The van der Waals surface area contributed by atoms with Crippen molar-refractivity contribution in [3.63, 3.8) is 0 Å². The molecule has 0 aliphatic rings. The molecule has 6 heteroatoms. The summed E-state index contributed by atoms with van der Waals surface area (Å²) in [6.07, 6.45) is 0. The van der Waals surface area contributed by atoms with Crippen LogP contribution >= 0.6 is 27.7 Å². The molecule has 2 rings (SSSR count). The van der Waals surface area contributed by atoms with Gasteiger partial charge in [0, 0.05) is 22.5 Å². The van der Waals surface area contributed by atoms with Gasteiger partial charge in [0.2, 0.25) is 11.8 Å². The summed E-state index contributed by atoms with van der Waals surface area (Å²) in [7, 11) is 0. The van der Waals surface area contributed by atoms with Crippen LogP contribution < -0.4 is 5.32 Å². The van der Waals surface area contributed by atoms with Crippen molar-refractivity contribution in [2.75, 3.05) is 12.3 Å². The maximum atomic E-state index is 12.9. The molecule has 0 spiro atoms. The highest BCUT2D eigenvalue weighted by molar-refractivity contribution is 9.10. The van der Waals surface area contributed by atoms with Crippen molar-refractivity contribution >= 4 is 39.5 Å². The quantitative estimate of drug-likeness (QED) is 0.608. The van der Waals surface area contributed by atoms with Gasteiger partial charge in [-0.15, -0.1) is 11.8 Å². The number of aryl methyl sites for hydroxylation is 1. The fourth-order valence-electron chi connectivity index (χ4n) is 2.60. The van der Waals surface area contributed by atoms with Crippen LogP contribution in [0, 0.1) is 6.92 Å². The zero-order chi connectivity index (χ0) is 19.8. The van der Waals surface area contributed by atoms with Gasteiger partial charge in [-0.25, -0.2) is 0 Å². The number of carbonyl (C=O) groups is 2. The minimum Gasteiger partial charge on any atom is -0.355 e. The average molecular weight is 449 g/mol. The summed E-state index contributed by atoms with van der Waals surface area (Å²) in [5.41, 5.74) is 2.17. The van der Waals surface area contributed by atoms with Gasteiger partial charge >= 0.3 is 0 Å². The first-order chi connectivity index (χ1) is 12.9. The molecule has 0 aliphatic heterocycles. The number of hydrogen-bond donors (Lipinski definition) is 1. The molecule has 1 N–H and O–H groups in total. The molecule has 0 unspecified atom stereocenters. The molecule has 1 atom stereocenters. The summed E-state index contributed by atoms with van der Waals surface area (Å²) in [4.78, 5) is 28.0. The van der Waals surface area contributed by atoms with E-state index in [1.165, 1.54) is 17.3 Å². The van der Waals surface area contributed by atoms with Gasteiger partial charge in [-0.2, -0.15) is 0 Å². The Labute approximate surface area is 173 Å². The second kappa shape index (κ2) is 10.5. The normalized spacial score (nSPS) is 11.7. The number of nitrogens with zero attached hydrogens (tertiary/aromatic N) is 1. The molecular weight excluding hydrogens is 424 g/mol. The number of halogens is 1. The van der Waals surface area contributed by atoms with Gasteiger partial charge in [0.25, 0.3) is 0 Å². The zero-order valence-electron chi connectivity index (χ0n) is 15.9. The number of nitrogens with one attached hydrogen (secondary N) is 1. The summed E-state index contributed by atoms with van der Waals surface area (Å²) < 4.78 is 0.951. The van der Waals surface area contributed by atoms with Crippen LogP contribution in [-0.2, 0) is 16.1 Å². The molecule has 2 amide bonds. The van der Waals surface area contributed by atoms with E-state index in [2.05, 4.69) is 21.2 Å². The number of benzene rings is 2. The van der Waals surface area contributed by atoms with Crippen molar-refractivity contribution < 1.29 is 9.59 Å². The fraction of sp³-hybridized carbons (Fsp3) is 0.333. The third-order valence-electron chi connectivity index (χ3n) is 4.14. The van der Waals surface area contributed by atoms with Gasteiger partial charge in [-0.1, -0.05) is 45.8 Å². The highest BCUT2D eigenvalue weighted by atomic mass is 79.9. The van der Waals surface area contributed by atoms with E-state index >= 15 is 0 Å². The third kappa shape index (κ3) is 6.70. The predicted octanol–water partition coefficient (Wildman–Crippen LogP) is 4.40. The van der Waals surface area contributed by atoms with Crippen LogP contribution in [0.3, 0.4) is 0 Å². The number of likely N-dealkylation sites (N-methyl/N-ethyl adjacent to an activating group) is 1. The van der Waals surface area contributed by atoms with Crippen LogP contribution in [0.15, 0.2) is 57.9 Å². The lowest BCUT2D eigenvalue weighted by atomic mass is 10.1. The topological polar surface area (TPSA) is 49.4 Å². The Bertz CT molecular complexity index is 780. The Kier molecular flexibility index (Phi) is 8.38. The first-order valence-electron chi connectivity index (χ1n) is 8.91. The Balaban J connectivity index is 2.12. The molecule has 0 saturated heterocycles. The summed E-state index contributed by atoms with van der Waals surface area (Å²) in [5, 5.41) is 2.81. The van der Waals surface area contributed by atoms with Crippen LogP contribution in [0.1, 0.15) is 25.0 Å². The van der Waals surface area contributed by atoms with Crippen LogP contribution in [0.25, 0.3) is 0 Å². The number of thioether (sulfide) groups is 1. The van der Waals surface area contributed by atoms with Crippen LogP contribution in [0.5, 0.6) is 0 Å². The predicted molar refractivity (Wildman–Crippen MR) is 115 cm³/mol. The Morgan fingerprint density at radius 3 is 2.52 bits per heavy atom. The second-order valence-corrected chi connectivity index (χ2v) is 8.29. The summed E-state index contributed by atoms with van der Waals surface area (Å²) in [6.45, 7) is 6.62. The minimum absolute atomic E-state index is 0.0562. The molecule has 27 heavy (non-hydrogen) atoms. The summed E-state index contributed by atoms with van der Waals surface area (Å²) in [5.74, 6) is 0.0985. The van der Waals surface area contributed by atoms with Crippen LogP contribution in [0.2, 0.25) is 0 Å². The Morgan fingerprint density at radius 2 is 1.89 bits per heavy atom. The molecule has 0 bridgehead atoms. The largest absolute Gasteiger partial charge is 0.355 e. The van der Waals surface area contributed by atoms with Crippen molar-refractivity contribution in [2.24, 2.45) is 0 Å². The van der Waals surface area contributed by atoms with Crippen molar-refractivity contribution in [1.29, 1.82) is 0 Å². The zero-order valence-corrected chi connectivity index (χ0v) is 18.3. The average Bonchev–Trinajstić information content (AvgIpc) is 2.65. The smallest absolute Gasteiger partial charge is 0.242 e. The van der Waals surface area contributed by atoms with Gasteiger partial charge < -0.3 is 10.2 Å². The molecule has 0 heterocycles. The van der Waals surface area contributed by atoms with E-state index < -0.39 is 6.04 Å². The highest BCUT2D eigenvalue weighted by Gasteiger charge is 2.25. The van der Waals surface area contributed by atoms with E-state index in [-0.39, 0.29) is 11.8 Å². The van der Waals surface area contributed by atoms with Crippen LogP contribution in [-0.4, -0.2) is 35.1 Å². The number of carbonyl (C=O) groups excluding carboxylic acids is 2. The van der Waals surface area contributed by atoms with Gasteiger partial charge in [0.1, 0.15) is 6.04 Å². The Hall–Kier alpha value is -1.79. The molecule has 0 aliphatic carbocycles. The summed E-state index contributed by atoms with van der Waals surface area (Å²) >= 11 is 4.95. The third-order valence-corrected chi connectivity index (χ3v) is 5.63. The number of hydrogen-bond acceptors (Lipinski definition) is 3. The SMILES string of the molecule is CCNC(=O)[C@@H](C)N(Cc1cccc(Br)c1)C(=O)CSc1ccc(C)cc1. The minimum atomic E-state index is -0.532. The Morgan fingerprint density at radius 1 is 1.19 bits per heavy atom. The first kappa shape index (κ1) is 21.5. The number of amides is 2. The van der Waals surface area contributed by atoms with Crippen molar-refractivity contribution in [2.45, 2.75) is 38.3 Å². The maximum Gasteiger partial charge on any atom is 0.242 e. The van der Waals surface area contributed by atoms with Gasteiger partial charge in [0.15, 0.2) is 0 Å². The molecule has 4 nitrogen and oxygen atoms in total. The molecule has 0 radical (unpaired) electrons. The van der Waals surface area contributed by atoms with Crippen molar-refractivity contribution in [3.8, 4) is 0 Å². The lowest BCUT2D eigenvalue weighted by Crippen LogP contribution is -2.48. The molecule has 0 aromatic heterocycles. The van der Waals surface area contributed by atoms with E-state index in [4.69, 9.17) is 0 Å². The molecular formula is C21H25BrN2O2S. The van der Waals surface area contributed by atoms with Crippen molar-refractivity contribution in [1.82, 2.24) is 10.2 Å². The van der Waals surface area contributed by atoms with Gasteiger partial charge in [-0.3, -0.25) is 9.59 Å². The van der Waals surface area contributed by atoms with Gasteiger partial charge in [-0.05, 0) is 50.6 Å². The first-order valence-corrected chi connectivity index (χ1v) is 10.7. The standard InChI is InChI=1S/C21H25BrN2O2S/c1-4-23-21(26)16(3)24(13-17-6-5-7-18(22)12-17)20(25)14-27-19-10-8-15(2)9-11-19/h5-12,16H,4,13-14H2,1-3H3,(H,23,26)/t16-/m1/s1. The molecule has 0 saturated carbocycles. The monoisotopic (exact) mass is 448 g/mol. The highest BCUT2D eigenvalue weighted by Crippen LogP contribution is 2.21. The summed E-state index contributed by atoms with van der Waals surface area (Å²) in [6, 6.07) is 15.4. The lowest BCUT2D eigenvalue weighted by molar-refractivity contribution is -0.138. The van der Waals surface area contributed by atoms with E-state index in [0.29, 0.717) is 18.8 Å². The fourth-order valence-corrected chi connectivity index (χ4v) is 3.83. The molecule has 0 fully saturated rings. The molecule has 2 aromatic carbocycles. The van der Waals surface area contributed by atoms with Crippen LogP contribution in [0.4, 0.5) is 0 Å².